The normalized spacial score (nSPS) is 21.7. The average Bonchev–Trinajstić information content (AvgIpc) is 3.31. The summed E-state index contributed by atoms with van der Waals surface area (Å²) in [6.45, 7) is 9.77. The van der Waals surface area contributed by atoms with Crippen LogP contribution in [0.15, 0.2) is 48.5 Å². The van der Waals surface area contributed by atoms with Crippen LogP contribution >= 0.6 is 0 Å². The lowest BCUT2D eigenvalue weighted by molar-refractivity contribution is -0.111. The number of hydrogen-bond donors (Lipinski definition) is 0. The molecule has 0 radical (unpaired) electrons. The third kappa shape index (κ3) is 4.62. The fourth-order valence-electron chi connectivity index (χ4n) is 5.22. The van der Waals surface area contributed by atoms with Gasteiger partial charge in [-0.05, 0) is 69.5 Å². The van der Waals surface area contributed by atoms with Crippen LogP contribution in [0.1, 0.15) is 56.0 Å². The number of imidazole rings is 1. The molecular weight excluding hydrogens is 410 g/mol. The van der Waals surface area contributed by atoms with E-state index in [-0.39, 0.29) is 5.41 Å². The van der Waals surface area contributed by atoms with Gasteiger partial charge in [0, 0.05) is 32.0 Å². The predicted molar refractivity (Wildman–Crippen MR) is 132 cm³/mol. The van der Waals surface area contributed by atoms with Gasteiger partial charge in [0.25, 0.3) is 0 Å². The van der Waals surface area contributed by atoms with Crippen molar-refractivity contribution in [2.45, 2.75) is 57.4 Å². The van der Waals surface area contributed by atoms with Crippen LogP contribution < -0.4 is 0 Å². The summed E-state index contributed by atoms with van der Waals surface area (Å²) in [4.78, 5) is 19.3. The molecule has 1 aliphatic heterocycles. The molecule has 0 spiro atoms. The van der Waals surface area contributed by atoms with Crippen molar-refractivity contribution < 1.29 is 9.53 Å². The van der Waals surface area contributed by atoms with E-state index in [1.54, 1.807) is 0 Å². The van der Waals surface area contributed by atoms with Crippen molar-refractivity contribution >= 4 is 16.8 Å². The topological polar surface area (TPSA) is 47.4 Å². The maximum Gasteiger partial charge on any atom is 0.144 e. The van der Waals surface area contributed by atoms with E-state index in [1.807, 2.05) is 6.92 Å². The number of para-hydroxylation sites is 2. The maximum absolute atomic E-state index is 11.7. The molecule has 2 aromatic carbocycles. The summed E-state index contributed by atoms with van der Waals surface area (Å²) in [7, 11) is 0. The van der Waals surface area contributed by atoms with Gasteiger partial charge in [0.15, 0.2) is 0 Å². The quantitative estimate of drug-likeness (QED) is 0.447. The fraction of sp³-hybridized carbons (Fsp3) is 0.500. The summed E-state index contributed by atoms with van der Waals surface area (Å²) in [5.41, 5.74) is 4.63. The molecule has 1 saturated carbocycles. The van der Waals surface area contributed by atoms with Gasteiger partial charge in [0.1, 0.15) is 11.6 Å². The smallest absolute Gasteiger partial charge is 0.144 e. The number of ketones is 1. The highest BCUT2D eigenvalue weighted by molar-refractivity contribution is 6.06. The van der Waals surface area contributed by atoms with E-state index in [2.05, 4.69) is 64.9 Å². The SMILES string of the molecule is CCOCCn1c(C2CCN(CCc3ccc(C4(C)CC4=O)cc3)CC2)nc2ccccc21. The molecule has 5 rings (SSSR count). The number of ether oxygens (including phenoxy) is 1. The first-order valence-electron chi connectivity index (χ1n) is 12.5. The first kappa shape index (κ1) is 22.3. The Balaban J connectivity index is 1.18. The molecule has 0 bridgehead atoms. The molecule has 1 saturated heterocycles. The van der Waals surface area contributed by atoms with Crippen molar-refractivity contribution in [1.82, 2.24) is 14.5 Å². The van der Waals surface area contributed by atoms with Gasteiger partial charge in [-0.25, -0.2) is 4.98 Å². The van der Waals surface area contributed by atoms with E-state index in [1.165, 1.54) is 22.5 Å². The second-order valence-electron chi connectivity index (χ2n) is 9.80. The van der Waals surface area contributed by atoms with Crippen LogP contribution in [0.25, 0.3) is 11.0 Å². The Morgan fingerprint density at radius 3 is 2.48 bits per heavy atom. The number of carbonyl (C=O) groups is 1. The van der Waals surface area contributed by atoms with Crippen molar-refractivity contribution in [1.29, 1.82) is 0 Å². The second kappa shape index (κ2) is 9.40. The lowest BCUT2D eigenvalue weighted by atomic mass is 9.95. The number of Topliss-reactive ketones (excluding diaryl/α,β-unsaturated/α-hetero) is 1. The van der Waals surface area contributed by atoms with E-state index in [0.717, 1.165) is 64.2 Å². The van der Waals surface area contributed by atoms with Gasteiger partial charge in [0.2, 0.25) is 0 Å². The van der Waals surface area contributed by atoms with Crippen LogP contribution in [0, 0.1) is 0 Å². The number of rotatable bonds is 9. The van der Waals surface area contributed by atoms with E-state index in [0.29, 0.717) is 18.1 Å². The molecule has 1 aromatic heterocycles. The summed E-state index contributed by atoms with van der Waals surface area (Å²) < 4.78 is 8.04. The molecule has 5 heteroatoms. The Hall–Kier alpha value is -2.50. The third-order valence-corrected chi connectivity index (χ3v) is 7.61. The minimum atomic E-state index is -0.209. The van der Waals surface area contributed by atoms with Crippen molar-refractivity contribution in [3.05, 3.63) is 65.5 Å². The first-order chi connectivity index (χ1) is 16.1. The zero-order valence-electron chi connectivity index (χ0n) is 19.9. The van der Waals surface area contributed by atoms with Gasteiger partial charge in [-0.2, -0.15) is 0 Å². The van der Waals surface area contributed by atoms with E-state index >= 15 is 0 Å². The molecule has 33 heavy (non-hydrogen) atoms. The number of benzene rings is 2. The van der Waals surface area contributed by atoms with Gasteiger partial charge < -0.3 is 14.2 Å². The molecule has 5 nitrogen and oxygen atoms in total. The monoisotopic (exact) mass is 445 g/mol. The van der Waals surface area contributed by atoms with Crippen molar-refractivity contribution in [3.63, 3.8) is 0 Å². The first-order valence-corrected chi connectivity index (χ1v) is 12.5. The minimum Gasteiger partial charge on any atom is -0.380 e. The number of nitrogens with zero attached hydrogens (tertiary/aromatic N) is 3. The molecule has 0 amide bonds. The Morgan fingerprint density at radius 2 is 1.79 bits per heavy atom. The van der Waals surface area contributed by atoms with E-state index in [9.17, 15) is 4.79 Å². The van der Waals surface area contributed by atoms with E-state index < -0.39 is 0 Å². The summed E-state index contributed by atoms with van der Waals surface area (Å²) >= 11 is 0. The fourth-order valence-corrected chi connectivity index (χ4v) is 5.22. The van der Waals surface area contributed by atoms with Crippen LogP contribution in [0.5, 0.6) is 0 Å². The zero-order valence-corrected chi connectivity index (χ0v) is 19.9. The van der Waals surface area contributed by atoms with Gasteiger partial charge >= 0.3 is 0 Å². The number of fused-ring (bicyclic) bond motifs is 1. The van der Waals surface area contributed by atoms with Crippen LogP contribution in [0.2, 0.25) is 0 Å². The largest absolute Gasteiger partial charge is 0.380 e. The lowest BCUT2D eigenvalue weighted by Gasteiger charge is -2.32. The van der Waals surface area contributed by atoms with Crippen LogP contribution in [0.3, 0.4) is 0 Å². The highest BCUT2D eigenvalue weighted by Crippen LogP contribution is 2.43. The van der Waals surface area contributed by atoms with E-state index in [4.69, 9.17) is 9.72 Å². The van der Waals surface area contributed by atoms with Crippen molar-refractivity contribution in [2.24, 2.45) is 0 Å². The van der Waals surface area contributed by atoms with Gasteiger partial charge in [0.05, 0.1) is 23.1 Å². The third-order valence-electron chi connectivity index (χ3n) is 7.61. The molecule has 1 atom stereocenters. The summed E-state index contributed by atoms with van der Waals surface area (Å²) in [5, 5.41) is 0. The molecule has 3 aromatic rings. The predicted octanol–water partition coefficient (Wildman–Crippen LogP) is 4.73. The number of hydrogen-bond acceptors (Lipinski definition) is 4. The molecule has 2 fully saturated rings. The highest BCUT2D eigenvalue weighted by atomic mass is 16.5. The number of piperidine rings is 1. The minimum absolute atomic E-state index is 0.209. The molecule has 2 aliphatic rings. The summed E-state index contributed by atoms with van der Waals surface area (Å²) in [6.07, 6.45) is 4.05. The maximum atomic E-state index is 11.7. The number of aromatic nitrogens is 2. The Labute approximate surface area is 196 Å². The zero-order chi connectivity index (χ0) is 22.8. The van der Waals surface area contributed by atoms with Gasteiger partial charge in [-0.15, -0.1) is 0 Å². The van der Waals surface area contributed by atoms with Gasteiger partial charge in [-0.1, -0.05) is 36.4 Å². The molecule has 1 aliphatic carbocycles. The standard InChI is InChI=1S/C28H35N3O2/c1-3-33-19-18-31-25-7-5-4-6-24(25)29-27(31)22-13-16-30(17-14-22)15-12-21-8-10-23(11-9-21)28(2)20-26(28)32/h4-11,22H,3,12-20H2,1-2H3. The molecule has 174 valence electrons. The Bertz CT molecular complexity index is 1110. The van der Waals surface area contributed by atoms with Crippen LogP contribution in [-0.2, 0) is 27.9 Å². The summed E-state index contributed by atoms with van der Waals surface area (Å²) in [5.74, 6) is 2.10. The molecule has 0 N–H and O–H groups in total. The molecular formula is C28H35N3O2. The van der Waals surface area contributed by atoms with Crippen molar-refractivity contribution in [3.8, 4) is 0 Å². The van der Waals surface area contributed by atoms with Gasteiger partial charge in [-0.3, -0.25) is 4.79 Å². The van der Waals surface area contributed by atoms with Crippen LogP contribution in [0.4, 0.5) is 0 Å². The molecule has 2 heterocycles. The Kier molecular flexibility index (Phi) is 6.35. The summed E-state index contributed by atoms with van der Waals surface area (Å²) in [6, 6.07) is 17.2. The Morgan fingerprint density at radius 1 is 1.06 bits per heavy atom. The second-order valence-corrected chi connectivity index (χ2v) is 9.80. The average molecular weight is 446 g/mol. The lowest BCUT2D eigenvalue weighted by Crippen LogP contribution is -2.35. The highest BCUT2D eigenvalue weighted by Gasteiger charge is 2.50. The number of carbonyl (C=O) groups excluding carboxylic acids is 1. The molecule has 1 unspecified atom stereocenters. The van der Waals surface area contributed by atoms with Crippen molar-refractivity contribution in [2.75, 3.05) is 32.8 Å². The number of likely N-dealkylation sites (tertiary alicyclic amines) is 1. The van der Waals surface area contributed by atoms with Crippen LogP contribution in [-0.4, -0.2) is 53.1 Å².